The van der Waals surface area contributed by atoms with Crippen molar-refractivity contribution in [1.29, 1.82) is 0 Å². The van der Waals surface area contributed by atoms with Crippen LogP contribution in [0.3, 0.4) is 0 Å². The highest BCUT2D eigenvalue weighted by Gasteiger charge is 2.18. The standard InChI is InChI=1S/C23H26Br2N4O4/c1-2-13(14-3-16(24)8-17(25)4-14)6-20(31)10-26-22(33)15-5-18(9-19(30)7-15)29-23-27-11-21(32)12-28-23/h3-5,7-9,13,21,30,32H,2,6,10-12H2,1H3,(H,26,33)(H2,27,28,29)/t13-/m1/s1. The number of guanidine groups is 1. The summed E-state index contributed by atoms with van der Waals surface area (Å²) in [5, 5.41) is 28.1. The molecule has 1 aliphatic rings. The molecule has 1 amide bonds. The van der Waals surface area contributed by atoms with Gasteiger partial charge in [-0.2, -0.15) is 0 Å². The van der Waals surface area contributed by atoms with Gasteiger partial charge in [-0.15, -0.1) is 0 Å². The number of halogens is 2. The van der Waals surface area contributed by atoms with Crippen molar-refractivity contribution in [1.82, 2.24) is 10.6 Å². The van der Waals surface area contributed by atoms with Crippen LogP contribution >= 0.6 is 31.9 Å². The van der Waals surface area contributed by atoms with Crippen molar-refractivity contribution in [3.63, 3.8) is 0 Å². The molecule has 2 aromatic rings. The quantitative estimate of drug-likeness (QED) is 0.325. The molecule has 10 heteroatoms. The maximum absolute atomic E-state index is 12.6. The summed E-state index contributed by atoms with van der Waals surface area (Å²) in [6.45, 7) is 2.54. The summed E-state index contributed by atoms with van der Waals surface area (Å²) >= 11 is 6.96. The first-order valence-corrected chi connectivity index (χ1v) is 12.2. The van der Waals surface area contributed by atoms with Gasteiger partial charge in [-0.25, -0.2) is 0 Å². The Morgan fingerprint density at radius 2 is 1.91 bits per heavy atom. The largest absolute Gasteiger partial charge is 0.508 e. The van der Waals surface area contributed by atoms with Crippen molar-refractivity contribution < 1.29 is 19.8 Å². The zero-order chi connectivity index (χ0) is 24.0. The molecule has 176 valence electrons. The molecular formula is C23H26Br2N4O4. The number of carbonyl (C=O) groups is 2. The minimum atomic E-state index is -0.546. The summed E-state index contributed by atoms with van der Waals surface area (Å²) in [6.07, 6.45) is 0.555. The zero-order valence-corrected chi connectivity index (χ0v) is 21.2. The van der Waals surface area contributed by atoms with Gasteiger partial charge >= 0.3 is 0 Å². The van der Waals surface area contributed by atoms with E-state index in [2.05, 4.69) is 52.8 Å². The second kappa shape index (κ2) is 11.6. The molecule has 0 fully saturated rings. The Morgan fingerprint density at radius 3 is 2.55 bits per heavy atom. The number of aliphatic hydroxyl groups excluding tert-OH is 1. The van der Waals surface area contributed by atoms with Crippen LogP contribution in [0.25, 0.3) is 0 Å². The third-order valence-electron chi connectivity index (χ3n) is 5.18. The Bertz CT molecular complexity index is 1040. The summed E-state index contributed by atoms with van der Waals surface area (Å²) in [5.74, 6) is -0.155. The van der Waals surface area contributed by atoms with Crippen molar-refractivity contribution in [2.75, 3.05) is 25.0 Å². The number of carbonyl (C=O) groups excluding carboxylic acids is 2. The number of phenols is 1. The molecule has 3 rings (SSSR count). The number of Topliss-reactive ketones (excluding diaryl/α,β-unsaturated/α-hetero) is 1. The fraction of sp³-hybridized carbons (Fsp3) is 0.348. The lowest BCUT2D eigenvalue weighted by atomic mass is 9.91. The number of hydrogen-bond acceptors (Lipinski definition) is 7. The average molecular weight is 582 g/mol. The van der Waals surface area contributed by atoms with Crippen molar-refractivity contribution in [3.05, 3.63) is 56.5 Å². The highest BCUT2D eigenvalue weighted by atomic mass is 79.9. The molecule has 2 atom stereocenters. The van der Waals surface area contributed by atoms with E-state index < -0.39 is 12.0 Å². The van der Waals surface area contributed by atoms with Gasteiger partial charge in [0.15, 0.2) is 11.7 Å². The lowest BCUT2D eigenvalue weighted by Gasteiger charge is -2.20. The van der Waals surface area contributed by atoms with Gasteiger partial charge in [-0.3, -0.25) is 14.6 Å². The lowest BCUT2D eigenvalue weighted by molar-refractivity contribution is -0.118. The SMILES string of the molecule is CC[C@H](CC(=O)CNC(=O)c1cc(O)cc(NC2=NCC(O)CN2)c1)c1cc(Br)cc(Br)c1. The Morgan fingerprint density at radius 1 is 1.18 bits per heavy atom. The molecular weight excluding hydrogens is 556 g/mol. The van der Waals surface area contributed by atoms with E-state index in [4.69, 9.17) is 0 Å². The summed E-state index contributed by atoms with van der Waals surface area (Å²) in [6, 6.07) is 10.3. The molecule has 0 saturated carbocycles. The molecule has 0 saturated heterocycles. The first-order chi connectivity index (χ1) is 15.7. The number of aromatic hydroxyl groups is 1. The number of anilines is 1. The van der Waals surface area contributed by atoms with Gasteiger partial charge in [0.1, 0.15) is 5.75 Å². The summed E-state index contributed by atoms with van der Waals surface area (Å²) < 4.78 is 1.87. The Labute approximate surface area is 209 Å². The molecule has 5 N–H and O–H groups in total. The summed E-state index contributed by atoms with van der Waals surface area (Å²) in [5.41, 5.74) is 1.72. The molecule has 2 aromatic carbocycles. The Balaban J connectivity index is 1.59. The molecule has 1 aliphatic heterocycles. The summed E-state index contributed by atoms with van der Waals surface area (Å²) in [4.78, 5) is 29.3. The molecule has 1 unspecified atom stereocenters. The number of hydrogen-bond donors (Lipinski definition) is 5. The zero-order valence-electron chi connectivity index (χ0n) is 18.1. The van der Waals surface area contributed by atoms with E-state index in [9.17, 15) is 19.8 Å². The number of phenolic OH excluding ortho intramolecular Hbond substituents is 1. The van der Waals surface area contributed by atoms with E-state index in [1.54, 1.807) is 6.07 Å². The highest BCUT2D eigenvalue weighted by Crippen LogP contribution is 2.29. The van der Waals surface area contributed by atoms with E-state index in [0.29, 0.717) is 24.6 Å². The Kier molecular flexibility index (Phi) is 8.87. The number of aliphatic imine (C=N–C) groups is 1. The topological polar surface area (TPSA) is 123 Å². The fourth-order valence-electron chi connectivity index (χ4n) is 3.50. The average Bonchev–Trinajstić information content (AvgIpc) is 2.76. The van der Waals surface area contributed by atoms with Crippen LogP contribution in [0.5, 0.6) is 5.75 Å². The molecule has 0 aromatic heterocycles. The first-order valence-electron chi connectivity index (χ1n) is 10.6. The van der Waals surface area contributed by atoms with E-state index >= 15 is 0 Å². The normalized spacial score (nSPS) is 16.4. The molecule has 0 spiro atoms. The van der Waals surface area contributed by atoms with E-state index in [-0.39, 0.29) is 36.1 Å². The smallest absolute Gasteiger partial charge is 0.251 e. The number of ketones is 1. The van der Waals surface area contributed by atoms with Crippen LogP contribution in [0.15, 0.2) is 50.3 Å². The van der Waals surface area contributed by atoms with Crippen LogP contribution < -0.4 is 16.0 Å². The molecule has 0 aliphatic carbocycles. The molecule has 8 nitrogen and oxygen atoms in total. The number of rotatable bonds is 8. The van der Waals surface area contributed by atoms with Gasteiger partial charge < -0.3 is 26.2 Å². The number of aliphatic hydroxyl groups is 1. The number of nitrogens with zero attached hydrogens (tertiary/aromatic N) is 1. The fourth-order valence-corrected chi connectivity index (χ4v) is 4.83. The maximum atomic E-state index is 12.6. The van der Waals surface area contributed by atoms with Crippen LogP contribution in [-0.2, 0) is 4.79 Å². The van der Waals surface area contributed by atoms with Crippen molar-refractivity contribution >= 4 is 55.2 Å². The molecule has 1 heterocycles. The molecule has 0 radical (unpaired) electrons. The van der Waals surface area contributed by atoms with Crippen LogP contribution in [0.4, 0.5) is 5.69 Å². The predicted octanol–water partition coefficient (Wildman–Crippen LogP) is 3.53. The van der Waals surface area contributed by atoms with Crippen LogP contribution in [0, 0.1) is 0 Å². The first kappa shape index (κ1) is 25.2. The minimum Gasteiger partial charge on any atom is -0.508 e. The lowest BCUT2D eigenvalue weighted by Crippen LogP contribution is -2.42. The van der Waals surface area contributed by atoms with Gasteiger partial charge in [0, 0.05) is 39.2 Å². The summed E-state index contributed by atoms with van der Waals surface area (Å²) in [7, 11) is 0. The number of β-amino-alcohol motifs (C(OH)–C–C–N with tert-alkyl or cyclic N) is 1. The third kappa shape index (κ3) is 7.55. The third-order valence-corrected chi connectivity index (χ3v) is 6.09. The monoisotopic (exact) mass is 580 g/mol. The second-order valence-corrected chi connectivity index (χ2v) is 9.68. The number of amides is 1. The second-order valence-electron chi connectivity index (χ2n) is 7.85. The van der Waals surface area contributed by atoms with Gasteiger partial charge in [0.05, 0.1) is 19.2 Å². The van der Waals surface area contributed by atoms with Crippen molar-refractivity contribution in [3.8, 4) is 5.75 Å². The van der Waals surface area contributed by atoms with Crippen LogP contribution in [-0.4, -0.2) is 53.6 Å². The predicted molar refractivity (Wildman–Crippen MR) is 135 cm³/mol. The van der Waals surface area contributed by atoms with E-state index in [0.717, 1.165) is 20.9 Å². The van der Waals surface area contributed by atoms with Crippen LogP contribution in [0.2, 0.25) is 0 Å². The van der Waals surface area contributed by atoms with Gasteiger partial charge in [-0.1, -0.05) is 38.8 Å². The highest BCUT2D eigenvalue weighted by molar-refractivity contribution is 9.11. The van der Waals surface area contributed by atoms with Gasteiger partial charge in [-0.05, 0) is 48.2 Å². The van der Waals surface area contributed by atoms with E-state index in [1.165, 1.54) is 12.1 Å². The molecule has 0 bridgehead atoms. The van der Waals surface area contributed by atoms with Crippen LogP contribution in [0.1, 0.15) is 41.6 Å². The number of nitrogens with one attached hydrogen (secondary N) is 3. The Hall–Kier alpha value is -2.43. The van der Waals surface area contributed by atoms with Crippen molar-refractivity contribution in [2.45, 2.75) is 31.8 Å². The number of benzene rings is 2. The maximum Gasteiger partial charge on any atom is 0.251 e. The van der Waals surface area contributed by atoms with E-state index in [1.807, 2.05) is 25.1 Å². The van der Waals surface area contributed by atoms with Gasteiger partial charge in [0.25, 0.3) is 5.91 Å². The van der Waals surface area contributed by atoms with Gasteiger partial charge in [0.2, 0.25) is 0 Å². The minimum absolute atomic E-state index is 0.0436. The molecule has 33 heavy (non-hydrogen) atoms. The van der Waals surface area contributed by atoms with Crippen molar-refractivity contribution in [2.24, 2.45) is 4.99 Å².